The standard InChI is InChI=1S/C18H14N4O2/c1-11-18(21-16-6-4-3-5-15(16)19-11)23-14-9-7-13(8-10-14)17-20-12(2)24-22-17/h3-10H,1-2H3. The van der Waals surface area contributed by atoms with Crippen LogP contribution < -0.4 is 4.74 Å². The van der Waals surface area contributed by atoms with E-state index in [2.05, 4.69) is 20.1 Å². The largest absolute Gasteiger partial charge is 0.437 e. The fraction of sp³-hybridized carbons (Fsp3) is 0.111. The van der Waals surface area contributed by atoms with Crippen LogP contribution in [0.5, 0.6) is 11.6 Å². The summed E-state index contributed by atoms with van der Waals surface area (Å²) >= 11 is 0. The van der Waals surface area contributed by atoms with Crippen LogP contribution in [0.15, 0.2) is 53.1 Å². The van der Waals surface area contributed by atoms with Gasteiger partial charge in [0.1, 0.15) is 11.4 Å². The highest BCUT2D eigenvalue weighted by molar-refractivity contribution is 5.74. The zero-order chi connectivity index (χ0) is 16.5. The van der Waals surface area contributed by atoms with Gasteiger partial charge in [-0.25, -0.2) is 9.97 Å². The van der Waals surface area contributed by atoms with Gasteiger partial charge in [-0.05, 0) is 43.3 Å². The Morgan fingerprint density at radius 2 is 1.54 bits per heavy atom. The lowest BCUT2D eigenvalue weighted by atomic mass is 10.2. The van der Waals surface area contributed by atoms with Gasteiger partial charge in [-0.2, -0.15) is 4.98 Å². The first-order valence-corrected chi connectivity index (χ1v) is 7.51. The molecular weight excluding hydrogens is 304 g/mol. The summed E-state index contributed by atoms with van der Waals surface area (Å²) in [4.78, 5) is 13.3. The van der Waals surface area contributed by atoms with E-state index in [1.54, 1.807) is 6.92 Å². The number of hydrogen-bond donors (Lipinski definition) is 0. The van der Waals surface area contributed by atoms with E-state index in [0.29, 0.717) is 23.3 Å². The number of fused-ring (bicyclic) bond motifs is 1. The molecule has 0 radical (unpaired) electrons. The maximum absolute atomic E-state index is 5.88. The molecule has 0 atom stereocenters. The van der Waals surface area contributed by atoms with Crippen LogP contribution in [0.4, 0.5) is 0 Å². The van der Waals surface area contributed by atoms with Crippen molar-refractivity contribution in [3.8, 4) is 23.0 Å². The highest BCUT2D eigenvalue weighted by Crippen LogP contribution is 2.26. The molecule has 0 bridgehead atoms. The minimum Gasteiger partial charge on any atom is -0.437 e. The quantitative estimate of drug-likeness (QED) is 0.566. The van der Waals surface area contributed by atoms with Crippen molar-refractivity contribution in [2.45, 2.75) is 13.8 Å². The summed E-state index contributed by atoms with van der Waals surface area (Å²) < 4.78 is 10.9. The Bertz CT molecular complexity index is 1010. The van der Waals surface area contributed by atoms with Crippen molar-refractivity contribution in [3.05, 3.63) is 60.1 Å². The predicted molar refractivity (Wildman–Crippen MR) is 88.8 cm³/mol. The number of aryl methyl sites for hydroxylation is 2. The molecule has 118 valence electrons. The SMILES string of the molecule is Cc1nc(-c2ccc(Oc3nc4ccccc4nc3C)cc2)no1. The van der Waals surface area contributed by atoms with Crippen molar-refractivity contribution in [3.63, 3.8) is 0 Å². The maximum Gasteiger partial charge on any atom is 0.241 e. The average Bonchev–Trinajstić information content (AvgIpc) is 3.03. The maximum atomic E-state index is 5.88. The number of benzene rings is 2. The van der Waals surface area contributed by atoms with Gasteiger partial charge in [0.15, 0.2) is 0 Å². The Kier molecular flexibility index (Phi) is 3.42. The lowest BCUT2D eigenvalue weighted by Gasteiger charge is -2.08. The van der Waals surface area contributed by atoms with Crippen LogP contribution in [0.2, 0.25) is 0 Å². The molecule has 0 N–H and O–H groups in total. The molecule has 0 aliphatic carbocycles. The van der Waals surface area contributed by atoms with E-state index in [1.807, 2.05) is 55.5 Å². The molecule has 0 aliphatic heterocycles. The van der Waals surface area contributed by atoms with Crippen LogP contribution in [-0.4, -0.2) is 20.1 Å². The van der Waals surface area contributed by atoms with Crippen molar-refractivity contribution >= 4 is 11.0 Å². The summed E-state index contributed by atoms with van der Waals surface area (Å²) in [5.41, 5.74) is 3.26. The molecule has 4 aromatic rings. The van der Waals surface area contributed by atoms with E-state index in [4.69, 9.17) is 9.26 Å². The average molecular weight is 318 g/mol. The molecule has 0 fully saturated rings. The van der Waals surface area contributed by atoms with Crippen molar-refractivity contribution < 1.29 is 9.26 Å². The zero-order valence-electron chi connectivity index (χ0n) is 13.2. The van der Waals surface area contributed by atoms with Gasteiger partial charge in [0.05, 0.1) is 11.0 Å². The Hall–Kier alpha value is -3.28. The minimum absolute atomic E-state index is 0.497. The molecule has 0 saturated carbocycles. The molecule has 6 nitrogen and oxygen atoms in total. The third-order valence-corrected chi connectivity index (χ3v) is 3.56. The molecule has 0 unspecified atom stereocenters. The van der Waals surface area contributed by atoms with Gasteiger partial charge in [-0.3, -0.25) is 0 Å². The Morgan fingerprint density at radius 3 is 2.21 bits per heavy atom. The second-order valence-corrected chi connectivity index (χ2v) is 5.37. The summed E-state index contributed by atoms with van der Waals surface area (Å²) in [5.74, 6) is 2.26. The van der Waals surface area contributed by atoms with Gasteiger partial charge in [-0.1, -0.05) is 17.3 Å². The first kappa shape index (κ1) is 14.3. The number of nitrogens with zero attached hydrogens (tertiary/aromatic N) is 4. The van der Waals surface area contributed by atoms with Gasteiger partial charge in [0.2, 0.25) is 17.6 Å². The summed E-state index contributed by atoms with van der Waals surface area (Å²) in [5, 5.41) is 3.90. The molecule has 0 saturated heterocycles. The number of hydrogen-bond acceptors (Lipinski definition) is 6. The number of rotatable bonds is 3. The van der Waals surface area contributed by atoms with Crippen molar-refractivity contribution in [2.24, 2.45) is 0 Å². The van der Waals surface area contributed by atoms with Gasteiger partial charge < -0.3 is 9.26 Å². The van der Waals surface area contributed by atoms with Gasteiger partial charge in [0, 0.05) is 12.5 Å². The van der Waals surface area contributed by atoms with Crippen molar-refractivity contribution in [2.75, 3.05) is 0 Å². The number of para-hydroxylation sites is 2. The molecule has 24 heavy (non-hydrogen) atoms. The van der Waals surface area contributed by atoms with Crippen molar-refractivity contribution in [1.82, 2.24) is 20.1 Å². The third-order valence-electron chi connectivity index (χ3n) is 3.56. The minimum atomic E-state index is 0.497. The van der Waals surface area contributed by atoms with Gasteiger partial charge >= 0.3 is 0 Å². The molecule has 0 amide bonds. The fourth-order valence-electron chi connectivity index (χ4n) is 2.37. The summed E-state index contributed by atoms with van der Waals surface area (Å²) in [7, 11) is 0. The highest BCUT2D eigenvalue weighted by atomic mass is 16.5. The fourth-order valence-corrected chi connectivity index (χ4v) is 2.37. The van der Waals surface area contributed by atoms with Crippen LogP contribution >= 0.6 is 0 Å². The molecule has 2 aromatic carbocycles. The second kappa shape index (κ2) is 5.73. The monoisotopic (exact) mass is 318 g/mol. The predicted octanol–water partition coefficient (Wildman–Crippen LogP) is 4.09. The Morgan fingerprint density at radius 1 is 0.833 bits per heavy atom. The topological polar surface area (TPSA) is 73.9 Å². The van der Waals surface area contributed by atoms with Crippen LogP contribution in [0.3, 0.4) is 0 Å². The van der Waals surface area contributed by atoms with E-state index in [1.165, 1.54) is 0 Å². The highest BCUT2D eigenvalue weighted by Gasteiger charge is 2.09. The molecule has 4 rings (SSSR count). The van der Waals surface area contributed by atoms with E-state index in [-0.39, 0.29) is 0 Å². The van der Waals surface area contributed by atoms with Crippen LogP contribution in [-0.2, 0) is 0 Å². The molecule has 6 heteroatoms. The molecule has 0 spiro atoms. The molecule has 2 aromatic heterocycles. The smallest absolute Gasteiger partial charge is 0.241 e. The Balaban J connectivity index is 1.62. The van der Waals surface area contributed by atoms with Gasteiger partial charge in [-0.15, -0.1) is 0 Å². The van der Waals surface area contributed by atoms with E-state index < -0.39 is 0 Å². The summed E-state index contributed by atoms with van der Waals surface area (Å²) in [6.45, 7) is 3.64. The van der Waals surface area contributed by atoms with Crippen LogP contribution in [0, 0.1) is 13.8 Å². The second-order valence-electron chi connectivity index (χ2n) is 5.37. The molecular formula is C18H14N4O2. The lowest BCUT2D eigenvalue weighted by molar-refractivity contribution is 0.394. The summed E-state index contributed by atoms with van der Waals surface area (Å²) in [6, 6.07) is 15.2. The normalized spacial score (nSPS) is 10.9. The first-order valence-electron chi connectivity index (χ1n) is 7.51. The molecule has 0 aliphatic rings. The Labute approximate surface area is 138 Å². The van der Waals surface area contributed by atoms with E-state index in [0.717, 1.165) is 22.3 Å². The number of ether oxygens (including phenoxy) is 1. The van der Waals surface area contributed by atoms with E-state index >= 15 is 0 Å². The first-order chi connectivity index (χ1) is 11.7. The van der Waals surface area contributed by atoms with Gasteiger partial charge in [0.25, 0.3) is 0 Å². The van der Waals surface area contributed by atoms with E-state index in [9.17, 15) is 0 Å². The number of aromatic nitrogens is 4. The lowest BCUT2D eigenvalue weighted by Crippen LogP contribution is -1.95. The van der Waals surface area contributed by atoms with Crippen LogP contribution in [0.1, 0.15) is 11.6 Å². The molecule has 2 heterocycles. The third kappa shape index (κ3) is 2.69. The summed E-state index contributed by atoms with van der Waals surface area (Å²) in [6.07, 6.45) is 0. The van der Waals surface area contributed by atoms with Crippen LogP contribution in [0.25, 0.3) is 22.4 Å². The zero-order valence-corrected chi connectivity index (χ0v) is 13.2. The van der Waals surface area contributed by atoms with Crippen molar-refractivity contribution in [1.29, 1.82) is 0 Å².